The van der Waals surface area contributed by atoms with Gasteiger partial charge in [-0.2, -0.15) is 0 Å². The number of carbonyl (C=O) groups excluding carboxylic acids is 1. The number of nitrogens with one attached hydrogen (secondary N) is 1. The van der Waals surface area contributed by atoms with Crippen LogP contribution < -0.4 is 19.5 Å². The number of ether oxygens (including phenoxy) is 3. The van der Waals surface area contributed by atoms with Gasteiger partial charge in [-0.05, 0) is 48.4 Å². The Kier molecular flexibility index (Phi) is 4.65. The van der Waals surface area contributed by atoms with Gasteiger partial charge in [-0.15, -0.1) is 0 Å². The zero-order valence-electron chi connectivity index (χ0n) is 13.5. The number of anilines is 1. The lowest BCUT2D eigenvalue weighted by molar-refractivity contribution is -0.111. The van der Waals surface area contributed by atoms with Crippen molar-refractivity contribution in [2.45, 2.75) is 6.92 Å². The van der Waals surface area contributed by atoms with Crippen LogP contribution in [0.1, 0.15) is 11.1 Å². The van der Waals surface area contributed by atoms with Crippen LogP contribution in [-0.2, 0) is 4.79 Å². The summed E-state index contributed by atoms with van der Waals surface area (Å²) >= 11 is 0. The second-order valence-electron chi connectivity index (χ2n) is 5.29. The molecule has 0 spiro atoms. The van der Waals surface area contributed by atoms with Crippen molar-refractivity contribution in [2.24, 2.45) is 0 Å². The SMILES string of the molecule is COc1cc(/C=C/C(=O)Nc2cc(C)ccn2)cc2c1OCCO2. The molecule has 124 valence electrons. The molecule has 0 fully saturated rings. The fraction of sp³-hybridized carbons (Fsp3) is 0.222. The second-order valence-corrected chi connectivity index (χ2v) is 5.29. The third-order valence-corrected chi connectivity index (χ3v) is 3.44. The summed E-state index contributed by atoms with van der Waals surface area (Å²) in [5.41, 5.74) is 1.81. The third-order valence-electron chi connectivity index (χ3n) is 3.44. The molecule has 0 unspecified atom stereocenters. The van der Waals surface area contributed by atoms with Crippen molar-refractivity contribution in [1.29, 1.82) is 0 Å². The van der Waals surface area contributed by atoms with Crippen molar-refractivity contribution in [3.8, 4) is 17.2 Å². The number of hydrogen-bond donors (Lipinski definition) is 1. The number of fused-ring (bicyclic) bond motifs is 1. The molecule has 1 aromatic carbocycles. The molecule has 0 radical (unpaired) electrons. The maximum Gasteiger partial charge on any atom is 0.249 e. The number of methoxy groups -OCH3 is 1. The van der Waals surface area contributed by atoms with Crippen LogP contribution in [-0.4, -0.2) is 31.2 Å². The van der Waals surface area contributed by atoms with Crippen molar-refractivity contribution in [2.75, 3.05) is 25.6 Å². The standard InChI is InChI=1S/C18H18N2O4/c1-12-5-6-19-16(9-12)20-17(21)4-3-13-10-14(22-2)18-15(11-13)23-7-8-24-18/h3-6,9-11H,7-8H2,1-2H3,(H,19,20,21)/b4-3+. The van der Waals surface area contributed by atoms with Crippen LogP contribution in [0.5, 0.6) is 17.2 Å². The van der Waals surface area contributed by atoms with E-state index in [-0.39, 0.29) is 5.91 Å². The summed E-state index contributed by atoms with van der Waals surface area (Å²) in [7, 11) is 1.57. The minimum atomic E-state index is -0.262. The van der Waals surface area contributed by atoms with Gasteiger partial charge in [-0.1, -0.05) is 0 Å². The fourth-order valence-corrected chi connectivity index (χ4v) is 2.33. The molecule has 0 saturated carbocycles. The smallest absolute Gasteiger partial charge is 0.249 e. The largest absolute Gasteiger partial charge is 0.493 e. The Labute approximate surface area is 140 Å². The van der Waals surface area contributed by atoms with E-state index in [1.807, 2.05) is 19.1 Å². The lowest BCUT2D eigenvalue weighted by Gasteiger charge is -2.20. The minimum Gasteiger partial charge on any atom is -0.493 e. The summed E-state index contributed by atoms with van der Waals surface area (Å²) in [5, 5.41) is 2.72. The highest BCUT2D eigenvalue weighted by Gasteiger charge is 2.17. The maximum atomic E-state index is 12.0. The van der Waals surface area contributed by atoms with Gasteiger partial charge in [-0.3, -0.25) is 4.79 Å². The third kappa shape index (κ3) is 3.65. The molecule has 1 aliphatic rings. The molecule has 1 N–H and O–H groups in total. The van der Waals surface area contributed by atoms with Crippen LogP contribution in [0.2, 0.25) is 0 Å². The van der Waals surface area contributed by atoms with Gasteiger partial charge in [0.2, 0.25) is 11.7 Å². The Morgan fingerprint density at radius 3 is 2.92 bits per heavy atom. The van der Waals surface area contributed by atoms with Crippen molar-refractivity contribution >= 4 is 17.8 Å². The number of aromatic nitrogens is 1. The highest BCUT2D eigenvalue weighted by molar-refractivity contribution is 6.01. The number of amides is 1. The topological polar surface area (TPSA) is 69.7 Å². The van der Waals surface area contributed by atoms with Crippen LogP contribution >= 0.6 is 0 Å². The van der Waals surface area contributed by atoms with Gasteiger partial charge in [0.05, 0.1) is 7.11 Å². The monoisotopic (exact) mass is 326 g/mol. The van der Waals surface area contributed by atoms with Crippen LogP contribution in [0.25, 0.3) is 6.08 Å². The van der Waals surface area contributed by atoms with E-state index in [4.69, 9.17) is 14.2 Å². The molecular formula is C18H18N2O4. The van der Waals surface area contributed by atoms with Crippen molar-refractivity contribution in [1.82, 2.24) is 4.98 Å². The highest BCUT2D eigenvalue weighted by atomic mass is 16.6. The number of benzene rings is 1. The van der Waals surface area contributed by atoms with E-state index in [0.717, 1.165) is 11.1 Å². The van der Waals surface area contributed by atoms with Gasteiger partial charge in [0.1, 0.15) is 19.0 Å². The van der Waals surface area contributed by atoms with Crippen LogP contribution in [0, 0.1) is 6.92 Å². The van der Waals surface area contributed by atoms with E-state index in [9.17, 15) is 4.79 Å². The number of nitrogens with zero attached hydrogens (tertiary/aromatic N) is 1. The van der Waals surface area contributed by atoms with E-state index in [2.05, 4.69) is 10.3 Å². The summed E-state index contributed by atoms with van der Waals surface area (Å²) in [6.45, 7) is 2.92. The molecule has 3 rings (SSSR count). The van der Waals surface area contributed by atoms with Gasteiger partial charge >= 0.3 is 0 Å². The van der Waals surface area contributed by atoms with Crippen molar-refractivity contribution in [3.05, 3.63) is 47.7 Å². The Hall–Kier alpha value is -3.02. The molecular weight excluding hydrogens is 308 g/mol. The van der Waals surface area contributed by atoms with E-state index in [1.165, 1.54) is 6.08 Å². The van der Waals surface area contributed by atoms with E-state index < -0.39 is 0 Å². The Morgan fingerprint density at radius 1 is 1.29 bits per heavy atom. The average molecular weight is 326 g/mol. The van der Waals surface area contributed by atoms with Gasteiger partial charge in [0.15, 0.2) is 11.5 Å². The average Bonchev–Trinajstić information content (AvgIpc) is 2.59. The second kappa shape index (κ2) is 7.04. The van der Waals surface area contributed by atoms with Gasteiger partial charge < -0.3 is 19.5 Å². The molecule has 0 atom stereocenters. The molecule has 2 aromatic rings. The van der Waals surface area contributed by atoms with Crippen LogP contribution in [0.4, 0.5) is 5.82 Å². The molecule has 2 heterocycles. The predicted octanol–water partition coefficient (Wildman–Crippen LogP) is 2.82. The van der Waals surface area contributed by atoms with Crippen molar-refractivity contribution in [3.63, 3.8) is 0 Å². The zero-order chi connectivity index (χ0) is 16.9. The first-order valence-electron chi connectivity index (χ1n) is 7.55. The molecule has 1 aliphatic heterocycles. The number of hydrogen-bond acceptors (Lipinski definition) is 5. The molecule has 0 aliphatic carbocycles. The van der Waals surface area contributed by atoms with Crippen LogP contribution in [0.3, 0.4) is 0 Å². The fourth-order valence-electron chi connectivity index (χ4n) is 2.33. The molecule has 24 heavy (non-hydrogen) atoms. The number of pyridine rings is 1. The quantitative estimate of drug-likeness (QED) is 0.875. The number of aryl methyl sites for hydroxylation is 1. The summed E-state index contributed by atoms with van der Waals surface area (Å²) in [5.74, 6) is 2.04. The van der Waals surface area contributed by atoms with Gasteiger partial charge in [-0.25, -0.2) is 4.98 Å². The summed E-state index contributed by atoms with van der Waals surface area (Å²) in [6, 6.07) is 7.28. The van der Waals surface area contributed by atoms with E-state index >= 15 is 0 Å². The van der Waals surface area contributed by atoms with Crippen molar-refractivity contribution < 1.29 is 19.0 Å². The Morgan fingerprint density at radius 2 is 2.12 bits per heavy atom. The van der Waals surface area contributed by atoms with Crippen LogP contribution in [0.15, 0.2) is 36.5 Å². The Bertz CT molecular complexity index is 769. The van der Waals surface area contributed by atoms with E-state index in [0.29, 0.717) is 36.3 Å². The summed E-state index contributed by atoms with van der Waals surface area (Å²) < 4.78 is 16.4. The number of carbonyl (C=O) groups is 1. The molecule has 0 saturated heterocycles. The molecule has 6 heteroatoms. The molecule has 6 nitrogen and oxygen atoms in total. The first-order chi connectivity index (χ1) is 11.7. The highest BCUT2D eigenvalue weighted by Crippen LogP contribution is 2.40. The molecule has 0 bridgehead atoms. The maximum absolute atomic E-state index is 12.0. The minimum absolute atomic E-state index is 0.262. The lowest BCUT2D eigenvalue weighted by atomic mass is 10.1. The summed E-state index contributed by atoms with van der Waals surface area (Å²) in [4.78, 5) is 16.1. The van der Waals surface area contributed by atoms with E-state index in [1.54, 1.807) is 31.5 Å². The number of rotatable bonds is 4. The summed E-state index contributed by atoms with van der Waals surface area (Å²) in [6.07, 6.45) is 4.78. The predicted molar refractivity (Wildman–Crippen MR) is 90.6 cm³/mol. The normalized spacial score (nSPS) is 12.9. The first kappa shape index (κ1) is 15.9. The Balaban J connectivity index is 1.75. The lowest BCUT2D eigenvalue weighted by Crippen LogP contribution is -2.16. The molecule has 1 amide bonds. The zero-order valence-corrected chi connectivity index (χ0v) is 13.5. The van der Waals surface area contributed by atoms with Gasteiger partial charge in [0.25, 0.3) is 0 Å². The van der Waals surface area contributed by atoms with Gasteiger partial charge in [0, 0.05) is 12.3 Å². The first-order valence-corrected chi connectivity index (χ1v) is 7.55. The molecule has 1 aromatic heterocycles.